The van der Waals surface area contributed by atoms with Gasteiger partial charge in [0.05, 0.1) is 6.04 Å². The summed E-state index contributed by atoms with van der Waals surface area (Å²) in [6.07, 6.45) is 1.34. The number of nitrogens with one attached hydrogen (secondary N) is 1. The molecule has 12 nitrogen and oxygen atoms in total. The van der Waals surface area contributed by atoms with Crippen molar-refractivity contribution in [2.75, 3.05) is 26.7 Å². The zero-order valence-electron chi connectivity index (χ0n) is 36.5. The van der Waals surface area contributed by atoms with E-state index in [1.54, 1.807) is 75.4 Å². The van der Waals surface area contributed by atoms with Gasteiger partial charge in [-0.3, -0.25) is 28.8 Å². The van der Waals surface area contributed by atoms with E-state index in [0.717, 1.165) is 11.1 Å². The molecule has 334 valence electrons. The molecule has 6 N–H and O–H groups in total. The van der Waals surface area contributed by atoms with Crippen LogP contribution in [-0.2, 0) is 30.4 Å². The molecule has 4 aromatic rings. The molecule has 0 fully saturated rings. The predicted octanol–water partition coefficient (Wildman–Crippen LogP) is 7.45. The number of amides is 2. The second-order valence-electron chi connectivity index (χ2n) is 16.5. The molecule has 5 rings (SSSR count). The van der Waals surface area contributed by atoms with E-state index in [0.29, 0.717) is 64.4 Å². The van der Waals surface area contributed by atoms with Gasteiger partial charge in [0.15, 0.2) is 17.3 Å². The second kappa shape index (κ2) is 22.6. The third-order valence-corrected chi connectivity index (χ3v) is 12.0. The van der Waals surface area contributed by atoms with Crippen LogP contribution in [0.4, 0.5) is 0 Å². The summed E-state index contributed by atoms with van der Waals surface area (Å²) in [7, 11) is 1.52. The van der Waals surface area contributed by atoms with E-state index in [9.17, 15) is 33.9 Å². The number of phenolic OH excluding ortho intramolecular Hbond substituents is 1. The van der Waals surface area contributed by atoms with Crippen LogP contribution in [0, 0.1) is 17.8 Å². The van der Waals surface area contributed by atoms with Crippen molar-refractivity contribution in [3.63, 3.8) is 0 Å². The molecule has 0 spiro atoms. The van der Waals surface area contributed by atoms with Crippen molar-refractivity contribution in [2.45, 2.75) is 84.2 Å². The van der Waals surface area contributed by atoms with Gasteiger partial charge in [-0.25, -0.2) is 0 Å². The van der Waals surface area contributed by atoms with Gasteiger partial charge in [-0.05, 0) is 84.5 Å². The SMILES string of the molecule is CCC(=O)[C@H](C)CC(=O)[C@@H]1Cc2ccc(O)c(c2)-c2cc(ccc2OCCN)[C@H](N(C)C(=O)[C@H](CCCCN)CC(=O)c2ccc(-c3ccc(Cl)cc3)cc2)C(=O)C[C@@H](C)C(=O)N1. The van der Waals surface area contributed by atoms with E-state index >= 15 is 0 Å². The lowest BCUT2D eigenvalue weighted by atomic mass is 9.87. The fourth-order valence-corrected chi connectivity index (χ4v) is 8.20. The Morgan fingerprint density at radius 1 is 0.873 bits per heavy atom. The molecule has 5 atom stereocenters. The average Bonchev–Trinajstić information content (AvgIpc) is 3.27. The van der Waals surface area contributed by atoms with Gasteiger partial charge in [0, 0.05) is 78.7 Å². The zero-order valence-corrected chi connectivity index (χ0v) is 37.3. The molecule has 1 aliphatic rings. The van der Waals surface area contributed by atoms with Gasteiger partial charge >= 0.3 is 0 Å². The van der Waals surface area contributed by atoms with Crippen LogP contribution < -0.4 is 21.5 Å². The van der Waals surface area contributed by atoms with Crippen LogP contribution in [0.3, 0.4) is 0 Å². The third-order valence-electron chi connectivity index (χ3n) is 11.8. The number of likely N-dealkylation sites (N-methyl/N-ethyl adjacent to an activating group) is 1. The second-order valence-corrected chi connectivity index (χ2v) is 17.0. The number of ketones is 4. The van der Waals surface area contributed by atoms with Crippen LogP contribution in [-0.4, -0.2) is 77.7 Å². The summed E-state index contributed by atoms with van der Waals surface area (Å²) in [6, 6.07) is 22.1. The minimum atomic E-state index is -1.23. The quantitative estimate of drug-likeness (QED) is 0.0575. The number of carbonyl (C=O) groups is 6. The van der Waals surface area contributed by atoms with Gasteiger partial charge in [-0.15, -0.1) is 0 Å². The number of nitrogens with zero attached hydrogens (tertiary/aromatic N) is 1. The highest BCUT2D eigenvalue weighted by atomic mass is 35.5. The molecule has 4 aromatic carbocycles. The van der Waals surface area contributed by atoms with Crippen molar-refractivity contribution < 1.29 is 38.6 Å². The number of carbonyl (C=O) groups excluding carboxylic acids is 6. The smallest absolute Gasteiger partial charge is 0.226 e. The Balaban J connectivity index is 1.54. The van der Waals surface area contributed by atoms with Crippen LogP contribution >= 0.6 is 11.6 Å². The van der Waals surface area contributed by atoms with Gasteiger partial charge < -0.3 is 31.5 Å². The number of benzene rings is 4. The molecule has 0 radical (unpaired) electrons. The maximum atomic E-state index is 14.8. The molecular weight excluding hydrogens is 820 g/mol. The molecule has 0 aliphatic carbocycles. The number of halogens is 1. The van der Waals surface area contributed by atoms with Gasteiger partial charge in [0.2, 0.25) is 11.8 Å². The van der Waals surface area contributed by atoms with Crippen LogP contribution in [0.15, 0.2) is 84.9 Å². The number of unbranched alkanes of at least 4 members (excludes halogenated alkanes) is 1. The molecule has 1 heterocycles. The van der Waals surface area contributed by atoms with Crippen LogP contribution in [0.1, 0.15) is 93.2 Å². The molecule has 1 aliphatic heterocycles. The summed E-state index contributed by atoms with van der Waals surface area (Å²) < 4.78 is 6.04. The lowest BCUT2D eigenvalue weighted by Crippen LogP contribution is -2.46. The minimum Gasteiger partial charge on any atom is -0.507 e. The summed E-state index contributed by atoms with van der Waals surface area (Å²) in [5.74, 6) is -4.15. The highest BCUT2D eigenvalue weighted by Gasteiger charge is 2.36. The first-order chi connectivity index (χ1) is 30.1. The number of ether oxygens (including phenoxy) is 1. The van der Waals surface area contributed by atoms with E-state index in [2.05, 4.69) is 5.32 Å². The summed E-state index contributed by atoms with van der Waals surface area (Å²) in [4.78, 5) is 84.8. The normalized spacial score (nSPS) is 17.5. The minimum absolute atomic E-state index is 0.0564. The molecule has 2 amide bonds. The standard InChI is InChI=1S/C50H59ClN4O8/c1-5-42(56)30(2)24-45(59)41-27-32-9-19-43(57)39(26-32)40-28-36(16-20-47(40)63-23-22-53)48(46(60)25-31(3)49(61)54-41)55(4)50(62)37(8-6-7-21-52)29-44(58)35-12-10-33(11-13-35)34-14-17-38(51)18-15-34/h9-20,26,28,30-31,37,41,48,57H,5-8,21-25,27,29,52-53H2,1-4H3,(H,54,61)/t30-,31-,37-,41+,48+/m1/s1. The van der Waals surface area contributed by atoms with Gasteiger partial charge in [-0.1, -0.05) is 87.3 Å². The average molecular weight is 879 g/mol. The number of Topliss-reactive ketones (excluding diaryl/α,β-unsaturated/α-hetero) is 4. The lowest BCUT2D eigenvalue weighted by molar-refractivity contribution is -0.142. The van der Waals surface area contributed by atoms with E-state index in [4.69, 9.17) is 27.8 Å². The fraction of sp³-hybridized carbons (Fsp3) is 0.400. The first-order valence-corrected chi connectivity index (χ1v) is 22.1. The molecule has 0 aromatic heterocycles. The largest absolute Gasteiger partial charge is 0.507 e. The fourth-order valence-electron chi connectivity index (χ4n) is 8.08. The number of rotatable bonds is 18. The zero-order chi connectivity index (χ0) is 45.8. The van der Waals surface area contributed by atoms with Crippen molar-refractivity contribution in [2.24, 2.45) is 29.2 Å². The van der Waals surface area contributed by atoms with Crippen LogP contribution in [0.25, 0.3) is 22.3 Å². The molecular formula is C50H59ClN4O8. The van der Waals surface area contributed by atoms with Gasteiger partial charge in [0.1, 0.15) is 29.9 Å². The summed E-state index contributed by atoms with van der Waals surface area (Å²) in [5, 5.41) is 14.8. The number of phenols is 1. The molecule has 0 saturated heterocycles. The number of nitrogens with two attached hydrogens (primary N) is 2. The Hall–Kier alpha value is -5.69. The summed E-state index contributed by atoms with van der Waals surface area (Å²) >= 11 is 6.07. The van der Waals surface area contributed by atoms with Crippen molar-refractivity contribution in [3.05, 3.63) is 107 Å². The monoisotopic (exact) mass is 878 g/mol. The Morgan fingerprint density at radius 3 is 2.21 bits per heavy atom. The highest BCUT2D eigenvalue weighted by molar-refractivity contribution is 6.30. The molecule has 63 heavy (non-hydrogen) atoms. The molecule has 0 saturated carbocycles. The van der Waals surface area contributed by atoms with Gasteiger partial charge in [-0.2, -0.15) is 0 Å². The van der Waals surface area contributed by atoms with Crippen molar-refractivity contribution >= 4 is 46.5 Å². The van der Waals surface area contributed by atoms with E-state index < -0.39 is 47.4 Å². The predicted molar refractivity (Wildman–Crippen MR) is 244 cm³/mol. The van der Waals surface area contributed by atoms with Crippen LogP contribution in [0.5, 0.6) is 11.5 Å². The summed E-state index contributed by atoms with van der Waals surface area (Å²) in [6.45, 7) is 5.74. The number of fused-ring (bicyclic) bond motifs is 5. The molecule has 13 heteroatoms. The Bertz CT molecular complexity index is 2280. The van der Waals surface area contributed by atoms with E-state index in [-0.39, 0.29) is 68.4 Å². The third kappa shape index (κ3) is 12.5. The van der Waals surface area contributed by atoms with E-state index in [1.165, 1.54) is 18.0 Å². The Kier molecular flexibility index (Phi) is 17.3. The summed E-state index contributed by atoms with van der Waals surface area (Å²) in [5.41, 5.74) is 15.7. The molecule has 0 unspecified atom stereocenters. The Labute approximate surface area is 374 Å². The lowest BCUT2D eigenvalue weighted by Gasteiger charge is -2.32. The number of hydrogen-bond acceptors (Lipinski definition) is 10. The molecule has 4 bridgehead atoms. The first-order valence-electron chi connectivity index (χ1n) is 21.7. The first kappa shape index (κ1) is 48.3. The maximum absolute atomic E-state index is 14.8. The Morgan fingerprint density at radius 2 is 1.56 bits per heavy atom. The van der Waals surface area contributed by atoms with Crippen LogP contribution in [0.2, 0.25) is 5.02 Å². The van der Waals surface area contributed by atoms with Crippen molar-refractivity contribution in [3.8, 4) is 33.8 Å². The maximum Gasteiger partial charge on any atom is 0.226 e. The number of aromatic hydroxyl groups is 1. The van der Waals surface area contributed by atoms with Crippen molar-refractivity contribution in [1.29, 1.82) is 0 Å². The number of hydrogen-bond donors (Lipinski definition) is 4. The highest BCUT2D eigenvalue weighted by Crippen LogP contribution is 2.40. The van der Waals surface area contributed by atoms with Crippen molar-refractivity contribution in [1.82, 2.24) is 10.2 Å². The van der Waals surface area contributed by atoms with Gasteiger partial charge in [0.25, 0.3) is 0 Å². The topological polar surface area (TPSA) is 199 Å². The van der Waals surface area contributed by atoms with E-state index in [1.807, 2.05) is 24.3 Å².